The Hall–Kier alpha value is -1.75. The first-order valence-corrected chi connectivity index (χ1v) is 4.73. The lowest BCUT2D eigenvalue weighted by Crippen LogP contribution is -2.05. The predicted octanol–water partition coefficient (Wildman–Crippen LogP) is 0.586. The van der Waals surface area contributed by atoms with Crippen molar-refractivity contribution in [2.24, 2.45) is 0 Å². The molecule has 0 radical (unpaired) electrons. The number of rotatable bonds is 3. The first-order valence-electron chi connectivity index (χ1n) is 4.73. The van der Waals surface area contributed by atoms with Crippen LogP contribution in [-0.4, -0.2) is 31.0 Å². The van der Waals surface area contributed by atoms with Crippen molar-refractivity contribution >= 4 is 0 Å². The monoisotopic (exact) mass is 204 g/mol. The molecular weight excluding hydrogens is 192 g/mol. The Morgan fingerprint density at radius 3 is 2.87 bits per heavy atom. The van der Waals surface area contributed by atoms with Crippen LogP contribution in [0.1, 0.15) is 12.5 Å². The van der Waals surface area contributed by atoms with Gasteiger partial charge in [-0.1, -0.05) is 6.07 Å². The highest BCUT2D eigenvalue weighted by molar-refractivity contribution is 5.23. The van der Waals surface area contributed by atoms with E-state index in [0.717, 1.165) is 11.4 Å². The van der Waals surface area contributed by atoms with Crippen LogP contribution in [0.2, 0.25) is 0 Å². The number of hydrogen-bond acceptors (Lipinski definition) is 4. The molecule has 0 unspecified atom stereocenters. The van der Waals surface area contributed by atoms with Gasteiger partial charge in [0.2, 0.25) is 0 Å². The van der Waals surface area contributed by atoms with E-state index in [4.69, 9.17) is 0 Å². The van der Waals surface area contributed by atoms with Crippen LogP contribution >= 0.6 is 0 Å². The summed E-state index contributed by atoms with van der Waals surface area (Å²) < 4.78 is 1.59. The fourth-order valence-corrected chi connectivity index (χ4v) is 1.34. The van der Waals surface area contributed by atoms with Gasteiger partial charge in [0.15, 0.2) is 5.82 Å². The van der Waals surface area contributed by atoms with Crippen LogP contribution in [0.15, 0.2) is 31.0 Å². The zero-order valence-corrected chi connectivity index (χ0v) is 8.41. The third-order valence-corrected chi connectivity index (χ3v) is 1.99. The maximum Gasteiger partial charge on any atom is 0.155 e. The van der Waals surface area contributed by atoms with Crippen molar-refractivity contribution < 1.29 is 5.11 Å². The van der Waals surface area contributed by atoms with E-state index < -0.39 is 0 Å². The summed E-state index contributed by atoms with van der Waals surface area (Å²) in [6.07, 6.45) is 5.07. The molecule has 15 heavy (non-hydrogen) atoms. The van der Waals surface area contributed by atoms with E-state index in [2.05, 4.69) is 15.1 Å². The number of aliphatic hydroxyl groups excluding tert-OH is 1. The Kier molecular flexibility index (Phi) is 2.73. The maximum atomic E-state index is 9.20. The molecule has 2 aromatic heterocycles. The van der Waals surface area contributed by atoms with E-state index >= 15 is 0 Å². The second-order valence-corrected chi connectivity index (χ2v) is 3.42. The quantitative estimate of drug-likeness (QED) is 0.794. The van der Waals surface area contributed by atoms with E-state index in [-0.39, 0.29) is 6.10 Å². The summed E-state index contributed by atoms with van der Waals surface area (Å²) in [5.74, 6) is 0.724. The molecule has 5 heteroatoms. The lowest BCUT2D eigenvalue weighted by Gasteiger charge is -2.04. The van der Waals surface area contributed by atoms with Crippen molar-refractivity contribution in [3.8, 4) is 5.82 Å². The van der Waals surface area contributed by atoms with Crippen LogP contribution in [0.25, 0.3) is 5.82 Å². The predicted molar refractivity (Wildman–Crippen MR) is 54.5 cm³/mol. The average Bonchev–Trinajstić information content (AvgIpc) is 2.71. The SMILES string of the molecule is C[C@@H](O)Cc1ccc(-n2cncn2)nc1. The number of nitrogens with zero attached hydrogens (tertiary/aromatic N) is 4. The standard InChI is InChI=1S/C10H12N4O/c1-8(15)4-9-2-3-10(12-5-9)14-7-11-6-13-14/h2-3,5-8,15H,4H2,1H3/t8-/m1/s1. The molecule has 0 amide bonds. The first-order chi connectivity index (χ1) is 7.25. The van der Waals surface area contributed by atoms with Gasteiger partial charge < -0.3 is 5.11 Å². The molecule has 2 rings (SSSR count). The third-order valence-electron chi connectivity index (χ3n) is 1.99. The van der Waals surface area contributed by atoms with Crippen molar-refractivity contribution in [3.63, 3.8) is 0 Å². The minimum absolute atomic E-state index is 0.343. The van der Waals surface area contributed by atoms with Gasteiger partial charge in [-0.3, -0.25) is 0 Å². The number of aliphatic hydroxyl groups is 1. The molecule has 1 atom stereocenters. The molecule has 0 spiro atoms. The summed E-state index contributed by atoms with van der Waals surface area (Å²) in [7, 11) is 0. The zero-order chi connectivity index (χ0) is 10.7. The zero-order valence-electron chi connectivity index (χ0n) is 8.41. The van der Waals surface area contributed by atoms with Gasteiger partial charge in [-0.25, -0.2) is 14.6 Å². The van der Waals surface area contributed by atoms with Crippen LogP contribution in [0, 0.1) is 0 Å². The molecule has 0 bridgehead atoms. The van der Waals surface area contributed by atoms with E-state index in [1.54, 1.807) is 24.1 Å². The van der Waals surface area contributed by atoms with Crippen LogP contribution in [0.5, 0.6) is 0 Å². The van der Waals surface area contributed by atoms with Crippen LogP contribution in [0.3, 0.4) is 0 Å². The van der Waals surface area contributed by atoms with E-state index in [1.165, 1.54) is 6.33 Å². The second-order valence-electron chi connectivity index (χ2n) is 3.42. The molecule has 2 heterocycles. The topological polar surface area (TPSA) is 63.8 Å². The van der Waals surface area contributed by atoms with Crippen LogP contribution in [-0.2, 0) is 6.42 Å². The summed E-state index contributed by atoms with van der Waals surface area (Å²) in [5, 5.41) is 13.2. The van der Waals surface area contributed by atoms with Crippen molar-refractivity contribution in [1.82, 2.24) is 19.7 Å². The molecule has 0 saturated heterocycles. The molecular formula is C10H12N4O. The minimum Gasteiger partial charge on any atom is -0.393 e. The van der Waals surface area contributed by atoms with Crippen molar-refractivity contribution in [3.05, 3.63) is 36.5 Å². The van der Waals surface area contributed by atoms with Crippen molar-refractivity contribution in [2.75, 3.05) is 0 Å². The van der Waals surface area contributed by atoms with Gasteiger partial charge in [0.25, 0.3) is 0 Å². The van der Waals surface area contributed by atoms with Gasteiger partial charge in [-0.15, -0.1) is 0 Å². The molecule has 5 nitrogen and oxygen atoms in total. The molecule has 1 N–H and O–H groups in total. The Morgan fingerprint density at radius 1 is 1.47 bits per heavy atom. The number of pyridine rings is 1. The normalized spacial score (nSPS) is 12.7. The van der Waals surface area contributed by atoms with Gasteiger partial charge in [0, 0.05) is 6.20 Å². The van der Waals surface area contributed by atoms with Crippen molar-refractivity contribution in [1.29, 1.82) is 0 Å². The third kappa shape index (κ3) is 2.38. The van der Waals surface area contributed by atoms with Gasteiger partial charge in [-0.2, -0.15) is 5.10 Å². The summed E-state index contributed by atoms with van der Waals surface area (Å²) in [6.45, 7) is 1.76. The van der Waals surface area contributed by atoms with E-state index in [1.807, 2.05) is 12.1 Å². The van der Waals surface area contributed by atoms with Crippen molar-refractivity contribution in [2.45, 2.75) is 19.4 Å². The average molecular weight is 204 g/mol. The molecule has 0 aliphatic carbocycles. The smallest absolute Gasteiger partial charge is 0.155 e. The lowest BCUT2D eigenvalue weighted by atomic mass is 10.1. The van der Waals surface area contributed by atoms with Crippen LogP contribution in [0.4, 0.5) is 0 Å². The highest BCUT2D eigenvalue weighted by Gasteiger charge is 2.01. The fraction of sp³-hybridized carbons (Fsp3) is 0.300. The minimum atomic E-state index is -0.343. The summed E-state index contributed by atoms with van der Waals surface area (Å²) >= 11 is 0. The molecule has 2 aromatic rings. The molecule has 78 valence electrons. The van der Waals surface area contributed by atoms with Gasteiger partial charge in [0.05, 0.1) is 6.10 Å². The van der Waals surface area contributed by atoms with Crippen LogP contribution < -0.4 is 0 Å². The molecule has 0 aromatic carbocycles. The highest BCUT2D eigenvalue weighted by atomic mass is 16.3. The second kappa shape index (κ2) is 4.18. The number of aromatic nitrogens is 4. The summed E-state index contributed by atoms with van der Waals surface area (Å²) in [6, 6.07) is 3.78. The van der Waals surface area contributed by atoms with Gasteiger partial charge >= 0.3 is 0 Å². The molecule has 0 aliphatic rings. The lowest BCUT2D eigenvalue weighted by molar-refractivity contribution is 0.195. The molecule has 0 fully saturated rings. The Morgan fingerprint density at radius 2 is 2.33 bits per heavy atom. The van der Waals surface area contributed by atoms with E-state index in [0.29, 0.717) is 6.42 Å². The Bertz CT molecular complexity index is 407. The van der Waals surface area contributed by atoms with E-state index in [9.17, 15) is 5.11 Å². The maximum absolute atomic E-state index is 9.20. The Balaban J connectivity index is 2.17. The Labute approximate surface area is 87.4 Å². The first kappa shape index (κ1) is 9.79. The largest absolute Gasteiger partial charge is 0.393 e. The molecule has 0 aliphatic heterocycles. The van der Waals surface area contributed by atoms with Gasteiger partial charge in [-0.05, 0) is 25.0 Å². The molecule has 0 saturated carbocycles. The fourth-order valence-electron chi connectivity index (χ4n) is 1.34. The van der Waals surface area contributed by atoms with Gasteiger partial charge in [0.1, 0.15) is 12.7 Å². The summed E-state index contributed by atoms with van der Waals surface area (Å²) in [5.41, 5.74) is 1.01. The number of hydrogen-bond donors (Lipinski definition) is 1. The summed E-state index contributed by atoms with van der Waals surface area (Å²) in [4.78, 5) is 8.06. The highest BCUT2D eigenvalue weighted by Crippen LogP contribution is 2.05.